The molecule has 1 aromatic rings. The molecule has 0 aliphatic heterocycles. The van der Waals surface area contributed by atoms with E-state index in [1.54, 1.807) is 6.08 Å². The molecule has 1 rings (SSSR count). The van der Waals surface area contributed by atoms with E-state index in [-0.39, 0.29) is 10.6 Å². The number of nitrogens with zero attached hydrogens (tertiary/aromatic N) is 1. The Morgan fingerprint density at radius 3 is 2.72 bits per heavy atom. The largest absolute Gasteiger partial charge is 0.398 e. The van der Waals surface area contributed by atoms with Gasteiger partial charge < -0.3 is 5.73 Å². The predicted molar refractivity (Wildman–Crippen MR) is 75.1 cm³/mol. The zero-order valence-corrected chi connectivity index (χ0v) is 11.8. The second kappa shape index (κ2) is 6.22. The molecule has 100 valence electrons. The quantitative estimate of drug-likeness (QED) is 0.497. The number of nitrogens with two attached hydrogens (primary N) is 1. The standard InChI is InChI=1S/C12H17ClN2O2S/c1-3-4-5-8-15(2)18(16,17)12-7-6-10(13)9-11(12)14/h3,6-7,9H,1,4-5,8,14H2,2H3. The number of benzene rings is 1. The van der Waals surface area contributed by atoms with Crippen LogP contribution in [0.25, 0.3) is 0 Å². The van der Waals surface area contributed by atoms with Crippen molar-refractivity contribution in [3.8, 4) is 0 Å². The lowest BCUT2D eigenvalue weighted by molar-refractivity contribution is 0.463. The molecule has 0 unspecified atom stereocenters. The number of allylic oxidation sites excluding steroid dienone is 1. The van der Waals surface area contributed by atoms with Gasteiger partial charge in [-0.05, 0) is 31.0 Å². The zero-order chi connectivity index (χ0) is 13.8. The maximum absolute atomic E-state index is 12.2. The highest BCUT2D eigenvalue weighted by Gasteiger charge is 2.22. The molecule has 0 saturated heterocycles. The topological polar surface area (TPSA) is 63.4 Å². The van der Waals surface area contributed by atoms with Crippen LogP contribution in [0, 0.1) is 0 Å². The van der Waals surface area contributed by atoms with E-state index in [2.05, 4.69) is 6.58 Å². The van der Waals surface area contributed by atoms with Gasteiger partial charge in [0.05, 0.1) is 5.69 Å². The Kier molecular flexibility index (Phi) is 5.19. The first-order chi connectivity index (χ1) is 8.39. The van der Waals surface area contributed by atoms with E-state index in [1.165, 1.54) is 29.6 Å². The number of hydrogen-bond donors (Lipinski definition) is 1. The molecule has 0 aromatic heterocycles. The van der Waals surface area contributed by atoms with Crippen LogP contribution in [-0.4, -0.2) is 26.3 Å². The Morgan fingerprint density at radius 1 is 1.50 bits per heavy atom. The number of sulfonamides is 1. The van der Waals surface area contributed by atoms with Gasteiger partial charge in [0.2, 0.25) is 10.0 Å². The monoisotopic (exact) mass is 288 g/mol. The fourth-order valence-electron chi connectivity index (χ4n) is 1.50. The molecule has 18 heavy (non-hydrogen) atoms. The Labute approximate surface area is 113 Å². The van der Waals surface area contributed by atoms with Crippen molar-refractivity contribution in [2.45, 2.75) is 17.7 Å². The lowest BCUT2D eigenvalue weighted by atomic mass is 10.3. The van der Waals surface area contributed by atoms with Crippen LogP contribution >= 0.6 is 11.6 Å². The van der Waals surface area contributed by atoms with E-state index in [0.717, 1.165) is 12.8 Å². The van der Waals surface area contributed by atoms with Crippen LogP contribution in [0.5, 0.6) is 0 Å². The van der Waals surface area contributed by atoms with Gasteiger partial charge >= 0.3 is 0 Å². The fourth-order valence-corrected chi connectivity index (χ4v) is 2.98. The number of anilines is 1. The summed E-state index contributed by atoms with van der Waals surface area (Å²) in [5, 5.41) is 0.417. The van der Waals surface area contributed by atoms with E-state index in [4.69, 9.17) is 17.3 Å². The second-order valence-corrected chi connectivity index (χ2v) is 6.39. The van der Waals surface area contributed by atoms with Crippen molar-refractivity contribution in [2.24, 2.45) is 0 Å². The van der Waals surface area contributed by atoms with Crippen molar-refractivity contribution in [1.29, 1.82) is 0 Å². The van der Waals surface area contributed by atoms with E-state index in [0.29, 0.717) is 11.6 Å². The van der Waals surface area contributed by atoms with Crippen LogP contribution in [0.15, 0.2) is 35.7 Å². The van der Waals surface area contributed by atoms with Crippen molar-refractivity contribution in [3.63, 3.8) is 0 Å². The molecule has 0 amide bonds. The normalized spacial score (nSPS) is 11.7. The summed E-state index contributed by atoms with van der Waals surface area (Å²) in [5.41, 5.74) is 5.86. The van der Waals surface area contributed by atoms with Gasteiger partial charge in [-0.2, -0.15) is 0 Å². The molecular formula is C12H17ClN2O2S. The molecule has 0 heterocycles. The fraction of sp³-hybridized carbons (Fsp3) is 0.333. The summed E-state index contributed by atoms with van der Waals surface area (Å²) in [6.45, 7) is 4.03. The first-order valence-electron chi connectivity index (χ1n) is 5.52. The summed E-state index contributed by atoms with van der Waals surface area (Å²) in [4.78, 5) is 0.0907. The molecule has 6 heteroatoms. The minimum atomic E-state index is -3.55. The summed E-state index contributed by atoms with van der Waals surface area (Å²) >= 11 is 5.75. The summed E-state index contributed by atoms with van der Waals surface area (Å²) < 4.78 is 25.8. The third-order valence-electron chi connectivity index (χ3n) is 2.54. The van der Waals surface area contributed by atoms with Crippen LogP contribution in [-0.2, 0) is 10.0 Å². The van der Waals surface area contributed by atoms with Gasteiger partial charge in [0.1, 0.15) is 4.90 Å². The molecule has 0 spiro atoms. The van der Waals surface area contributed by atoms with Gasteiger partial charge in [0.25, 0.3) is 0 Å². The van der Waals surface area contributed by atoms with Crippen LogP contribution in [0.4, 0.5) is 5.69 Å². The van der Waals surface area contributed by atoms with E-state index < -0.39 is 10.0 Å². The minimum Gasteiger partial charge on any atom is -0.398 e. The molecule has 0 saturated carbocycles. The van der Waals surface area contributed by atoms with Crippen molar-refractivity contribution in [3.05, 3.63) is 35.9 Å². The minimum absolute atomic E-state index is 0.0907. The number of nitrogen functional groups attached to an aromatic ring is 1. The smallest absolute Gasteiger partial charge is 0.244 e. The van der Waals surface area contributed by atoms with Crippen molar-refractivity contribution >= 4 is 27.3 Å². The molecule has 0 radical (unpaired) electrons. The number of unbranched alkanes of at least 4 members (excludes halogenated alkanes) is 1. The highest BCUT2D eigenvalue weighted by molar-refractivity contribution is 7.89. The second-order valence-electron chi connectivity index (χ2n) is 3.94. The third-order valence-corrected chi connectivity index (χ3v) is 4.71. The number of rotatable bonds is 6. The first kappa shape index (κ1) is 15.0. The molecule has 1 aromatic carbocycles. The summed E-state index contributed by atoms with van der Waals surface area (Å²) in [6, 6.07) is 4.38. The van der Waals surface area contributed by atoms with Crippen LogP contribution in [0.2, 0.25) is 5.02 Å². The highest BCUT2D eigenvalue weighted by atomic mass is 35.5. The molecule has 0 aliphatic carbocycles. The summed E-state index contributed by atoms with van der Waals surface area (Å²) in [5.74, 6) is 0. The first-order valence-corrected chi connectivity index (χ1v) is 7.33. The SMILES string of the molecule is C=CCCCN(C)S(=O)(=O)c1ccc(Cl)cc1N. The van der Waals surface area contributed by atoms with E-state index >= 15 is 0 Å². The van der Waals surface area contributed by atoms with Crippen LogP contribution in [0.3, 0.4) is 0 Å². The average Bonchev–Trinajstić information content (AvgIpc) is 2.28. The van der Waals surface area contributed by atoms with Crippen LogP contribution < -0.4 is 5.73 Å². The molecule has 2 N–H and O–H groups in total. The van der Waals surface area contributed by atoms with Gasteiger partial charge in [-0.25, -0.2) is 12.7 Å². The average molecular weight is 289 g/mol. The van der Waals surface area contributed by atoms with E-state index in [9.17, 15) is 8.42 Å². The van der Waals surface area contributed by atoms with Gasteiger partial charge in [-0.3, -0.25) is 0 Å². The molecule has 0 aliphatic rings. The Balaban J connectivity index is 2.94. The van der Waals surface area contributed by atoms with Gasteiger partial charge in [-0.1, -0.05) is 17.7 Å². The Bertz CT molecular complexity index is 529. The van der Waals surface area contributed by atoms with Gasteiger partial charge in [0.15, 0.2) is 0 Å². The van der Waals surface area contributed by atoms with Crippen molar-refractivity contribution < 1.29 is 8.42 Å². The molecule has 4 nitrogen and oxygen atoms in total. The van der Waals surface area contributed by atoms with Crippen molar-refractivity contribution in [1.82, 2.24) is 4.31 Å². The Hall–Kier alpha value is -1.04. The Morgan fingerprint density at radius 2 is 2.17 bits per heavy atom. The predicted octanol–water partition coefficient (Wildman–Crippen LogP) is 2.51. The summed E-state index contributed by atoms with van der Waals surface area (Å²) in [7, 11) is -2.02. The third kappa shape index (κ3) is 3.48. The molecule has 0 atom stereocenters. The summed E-state index contributed by atoms with van der Waals surface area (Å²) in [6.07, 6.45) is 3.26. The molecule has 0 bridgehead atoms. The highest BCUT2D eigenvalue weighted by Crippen LogP contribution is 2.24. The molecular weight excluding hydrogens is 272 g/mol. The number of hydrogen-bond acceptors (Lipinski definition) is 3. The number of halogens is 1. The maximum Gasteiger partial charge on any atom is 0.244 e. The van der Waals surface area contributed by atoms with Gasteiger partial charge in [0, 0.05) is 18.6 Å². The lowest BCUT2D eigenvalue weighted by Gasteiger charge is -2.18. The van der Waals surface area contributed by atoms with Crippen molar-refractivity contribution in [2.75, 3.05) is 19.3 Å². The zero-order valence-electron chi connectivity index (χ0n) is 10.3. The van der Waals surface area contributed by atoms with Crippen LogP contribution in [0.1, 0.15) is 12.8 Å². The maximum atomic E-state index is 12.2. The lowest BCUT2D eigenvalue weighted by Crippen LogP contribution is -2.28. The van der Waals surface area contributed by atoms with Gasteiger partial charge in [-0.15, -0.1) is 6.58 Å². The van der Waals surface area contributed by atoms with E-state index in [1.807, 2.05) is 0 Å². The molecule has 0 fully saturated rings.